The summed E-state index contributed by atoms with van der Waals surface area (Å²) in [6, 6.07) is 4.87. The van der Waals surface area contributed by atoms with Gasteiger partial charge in [0.25, 0.3) is 0 Å². The minimum absolute atomic E-state index is 0. The molecule has 1 aromatic carbocycles. The first kappa shape index (κ1) is 22.2. The Bertz CT molecular complexity index is 766. The molecule has 2 saturated carbocycles. The fourth-order valence-corrected chi connectivity index (χ4v) is 4.18. The lowest BCUT2D eigenvalue weighted by atomic mass is 9.88. The maximum Gasteiger partial charge on any atom is 0.344 e. The summed E-state index contributed by atoms with van der Waals surface area (Å²) in [5, 5.41) is 10.3. The van der Waals surface area contributed by atoms with Crippen molar-refractivity contribution in [2.75, 3.05) is 6.61 Å². The van der Waals surface area contributed by atoms with Crippen molar-refractivity contribution in [1.29, 1.82) is 0 Å². The van der Waals surface area contributed by atoms with Crippen LogP contribution in [0, 0.1) is 11.8 Å². The molecule has 2 aliphatic rings. The number of hydrogen-bond acceptors (Lipinski definition) is 5. The van der Waals surface area contributed by atoms with E-state index in [-0.39, 0.29) is 32.0 Å². The van der Waals surface area contributed by atoms with E-state index in [0.29, 0.717) is 15.6 Å². The predicted octanol–water partition coefficient (Wildman–Crippen LogP) is 3.00. The van der Waals surface area contributed by atoms with E-state index in [9.17, 15) is 19.1 Å². The zero-order valence-corrected chi connectivity index (χ0v) is 16.6. The number of esters is 1. The maximum atomic E-state index is 15.0. The van der Waals surface area contributed by atoms with Gasteiger partial charge in [-0.2, -0.15) is 0 Å². The Hall–Kier alpha value is -1.12. The first-order valence-corrected chi connectivity index (χ1v) is 8.86. The number of fused-ring (bicyclic) bond motifs is 1. The average molecular weight is 443 g/mol. The molecule has 0 bridgehead atoms. The minimum atomic E-state index is -2.37. The normalized spacial score (nSPS) is 33.7. The van der Waals surface area contributed by atoms with Crippen molar-refractivity contribution < 1.29 is 28.6 Å². The van der Waals surface area contributed by atoms with Crippen LogP contribution in [0.4, 0.5) is 4.39 Å². The molecule has 27 heavy (non-hydrogen) atoms. The van der Waals surface area contributed by atoms with E-state index in [1.165, 1.54) is 0 Å². The summed E-state index contributed by atoms with van der Waals surface area (Å²) in [6.45, 7) is 1.59. The number of carbonyl (C=O) groups excluding carboxylic acids is 1. The number of rotatable bonds is 6. The largest absolute Gasteiger partial charge is 0.480 e. The number of halogens is 4. The van der Waals surface area contributed by atoms with Gasteiger partial charge in [0.05, 0.1) is 29.4 Å². The van der Waals surface area contributed by atoms with Crippen molar-refractivity contribution >= 4 is 47.5 Å². The zero-order chi connectivity index (χ0) is 19.3. The number of ether oxygens (including phenoxy) is 2. The summed E-state index contributed by atoms with van der Waals surface area (Å²) in [5.74, 6) is -4.48. The molecule has 150 valence electrons. The second-order valence-corrected chi connectivity index (χ2v) is 7.41. The smallest absolute Gasteiger partial charge is 0.344 e. The van der Waals surface area contributed by atoms with Crippen LogP contribution in [0.2, 0.25) is 10.0 Å². The van der Waals surface area contributed by atoms with E-state index < -0.39 is 41.1 Å². The number of alkyl halides is 1. The molecule has 0 spiro atoms. The molecule has 0 amide bonds. The summed E-state index contributed by atoms with van der Waals surface area (Å²) >= 11 is 11.8. The van der Waals surface area contributed by atoms with E-state index in [1.807, 2.05) is 0 Å². The fourth-order valence-electron chi connectivity index (χ4n) is 3.86. The summed E-state index contributed by atoms with van der Waals surface area (Å²) in [6.07, 6.45) is -0.924. The number of carbonyl (C=O) groups is 2. The van der Waals surface area contributed by atoms with Crippen LogP contribution in [0.3, 0.4) is 0 Å². The minimum Gasteiger partial charge on any atom is -0.480 e. The number of nitrogens with two attached hydrogens (primary N) is 1. The van der Waals surface area contributed by atoms with E-state index >= 15 is 0 Å². The summed E-state index contributed by atoms with van der Waals surface area (Å²) in [5.41, 5.74) is 2.33. The van der Waals surface area contributed by atoms with E-state index in [2.05, 4.69) is 0 Å². The van der Waals surface area contributed by atoms with Crippen molar-refractivity contribution in [2.24, 2.45) is 17.6 Å². The van der Waals surface area contributed by atoms with Gasteiger partial charge in [-0.1, -0.05) is 29.3 Å². The number of aliphatic carboxylic acids is 1. The van der Waals surface area contributed by atoms with Gasteiger partial charge >= 0.3 is 11.9 Å². The van der Waals surface area contributed by atoms with Crippen LogP contribution in [-0.4, -0.2) is 41.0 Å². The molecular formula is C17H19Cl3FNO5. The highest BCUT2D eigenvalue weighted by atomic mass is 35.5. The van der Waals surface area contributed by atoms with Gasteiger partial charge in [0.2, 0.25) is 5.67 Å². The third-order valence-corrected chi connectivity index (χ3v) is 5.93. The molecule has 2 aliphatic carbocycles. The fraction of sp³-hybridized carbons (Fsp3) is 0.529. The molecule has 0 radical (unpaired) electrons. The van der Waals surface area contributed by atoms with Crippen molar-refractivity contribution in [2.45, 2.75) is 37.3 Å². The number of carboxylic acids is 1. The summed E-state index contributed by atoms with van der Waals surface area (Å²) < 4.78 is 25.4. The first-order chi connectivity index (χ1) is 12.2. The lowest BCUT2D eigenvalue weighted by Gasteiger charge is -2.32. The topological polar surface area (TPSA) is 98.9 Å². The molecule has 2 fully saturated rings. The van der Waals surface area contributed by atoms with Gasteiger partial charge in [0.15, 0.2) is 0 Å². The van der Waals surface area contributed by atoms with Gasteiger partial charge < -0.3 is 20.3 Å². The number of hydrogen-bond donors (Lipinski definition) is 2. The zero-order valence-electron chi connectivity index (χ0n) is 14.3. The van der Waals surface area contributed by atoms with Crippen molar-refractivity contribution in [3.05, 3.63) is 33.8 Å². The Morgan fingerprint density at radius 2 is 2.04 bits per heavy atom. The highest BCUT2D eigenvalue weighted by molar-refractivity contribution is 6.42. The second-order valence-electron chi connectivity index (χ2n) is 6.59. The SMILES string of the molecule is CCOC(=O)[C@@]1(F)[C@@H]2C[C@@H](OCc3ccc(Cl)c(Cl)c3)[C@@](N)(C(=O)O)[C@@H]21.Cl. The molecule has 3 N–H and O–H groups in total. The van der Waals surface area contributed by atoms with Crippen LogP contribution in [-0.2, 0) is 25.7 Å². The summed E-state index contributed by atoms with van der Waals surface area (Å²) in [4.78, 5) is 23.7. The van der Waals surface area contributed by atoms with Crippen LogP contribution in [0.1, 0.15) is 18.9 Å². The molecule has 3 rings (SSSR count). The predicted molar refractivity (Wildman–Crippen MR) is 98.9 cm³/mol. The van der Waals surface area contributed by atoms with Crippen molar-refractivity contribution in [1.82, 2.24) is 0 Å². The van der Waals surface area contributed by atoms with Gasteiger partial charge in [0, 0.05) is 11.8 Å². The lowest BCUT2D eigenvalue weighted by molar-refractivity contribution is -0.159. The maximum absolute atomic E-state index is 15.0. The average Bonchev–Trinajstić information content (AvgIpc) is 3.05. The van der Waals surface area contributed by atoms with Gasteiger partial charge in [-0.05, 0) is 31.0 Å². The Labute approximate surface area is 171 Å². The molecule has 5 atom stereocenters. The van der Waals surface area contributed by atoms with Gasteiger partial charge in [0.1, 0.15) is 5.54 Å². The molecule has 10 heteroatoms. The molecule has 0 heterocycles. The van der Waals surface area contributed by atoms with Gasteiger partial charge in [-0.3, -0.25) is 4.79 Å². The molecular weight excluding hydrogens is 424 g/mol. The van der Waals surface area contributed by atoms with Crippen LogP contribution in [0.5, 0.6) is 0 Å². The Morgan fingerprint density at radius 1 is 1.37 bits per heavy atom. The Morgan fingerprint density at radius 3 is 2.59 bits per heavy atom. The third kappa shape index (κ3) is 3.40. The first-order valence-electron chi connectivity index (χ1n) is 8.11. The molecule has 0 unspecified atom stereocenters. The van der Waals surface area contributed by atoms with E-state index in [4.69, 9.17) is 38.4 Å². The molecule has 6 nitrogen and oxygen atoms in total. The second kappa shape index (κ2) is 7.72. The summed E-state index contributed by atoms with van der Waals surface area (Å²) in [7, 11) is 0. The number of benzene rings is 1. The molecule has 1 aromatic rings. The van der Waals surface area contributed by atoms with Crippen LogP contribution in [0.15, 0.2) is 18.2 Å². The standard InChI is InChI=1S/C17H18Cl2FNO5.ClH/c1-2-25-15(24)16(20)9-6-12(17(21,13(9)16)14(22)23)26-7-8-3-4-10(18)11(19)5-8;/h3-5,9,12-13H,2,6-7,21H2,1H3,(H,22,23);1H/t9-,12-,13+,16-,17+;/m1./s1. The number of carboxylic acid groups (broad SMARTS) is 1. The molecule has 0 aliphatic heterocycles. The van der Waals surface area contributed by atoms with Gasteiger partial charge in [-0.15, -0.1) is 12.4 Å². The van der Waals surface area contributed by atoms with Crippen LogP contribution >= 0.6 is 35.6 Å². The van der Waals surface area contributed by atoms with Crippen molar-refractivity contribution in [3.63, 3.8) is 0 Å². The Balaban J connectivity index is 0.00000261. The van der Waals surface area contributed by atoms with Gasteiger partial charge in [-0.25, -0.2) is 9.18 Å². The highest BCUT2D eigenvalue weighted by Gasteiger charge is 2.85. The molecule has 0 aromatic heterocycles. The van der Waals surface area contributed by atoms with E-state index in [1.54, 1.807) is 25.1 Å². The highest BCUT2D eigenvalue weighted by Crippen LogP contribution is 2.67. The van der Waals surface area contributed by atoms with Crippen LogP contribution in [0.25, 0.3) is 0 Å². The van der Waals surface area contributed by atoms with E-state index in [0.717, 1.165) is 0 Å². The monoisotopic (exact) mass is 441 g/mol. The van der Waals surface area contributed by atoms with Crippen LogP contribution < -0.4 is 5.73 Å². The lowest BCUT2D eigenvalue weighted by Crippen LogP contribution is -2.60. The molecule has 0 saturated heterocycles. The quantitative estimate of drug-likeness (QED) is 0.657. The third-order valence-electron chi connectivity index (χ3n) is 5.19. The van der Waals surface area contributed by atoms with Crippen molar-refractivity contribution in [3.8, 4) is 0 Å². The Kier molecular flexibility index (Phi) is 6.34.